The number of nitrogens with zero attached hydrogens (tertiary/aromatic N) is 4. The number of nitrogens with one attached hydrogen (secondary N) is 1. The molecule has 4 rings (SSSR count). The Morgan fingerprint density at radius 2 is 2.07 bits per heavy atom. The number of aryl methyl sites for hydroxylation is 2. The molecule has 0 atom stereocenters. The Hall–Kier alpha value is -3.57. The fourth-order valence-corrected chi connectivity index (χ4v) is 3.95. The molecule has 0 aliphatic heterocycles. The quantitative estimate of drug-likeness (QED) is 0.479. The third kappa shape index (κ3) is 4.00. The van der Waals surface area contributed by atoms with E-state index in [1.807, 2.05) is 22.8 Å². The summed E-state index contributed by atoms with van der Waals surface area (Å²) in [6.07, 6.45) is 2.58. The Morgan fingerprint density at radius 3 is 2.83 bits per heavy atom. The molecule has 144 valence electrons. The number of benzene rings is 2. The predicted octanol–water partition coefficient (Wildman–Crippen LogP) is 3.10. The zero-order valence-corrected chi connectivity index (χ0v) is 16.6. The van der Waals surface area contributed by atoms with E-state index in [1.54, 1.807) is 31.6 Å². The SMILES string of the molecule is COc1ccc(C#N)cc1Sc1nc2c([nH]1)c(N)nc[n+]2CCc1ccccc1. The number of aromatic nitrogens is 4. The van der Waals surface area contributed by atoms with Crippen molar-refractivity contribution in [3.8, 4) is 11.8 Å². The van der Waals surface area contributed by atoms with Gasteiger partial charge >= 0.3 is 0 Å². The van der Waals surface area contributed by atoms with Gasteiger partial charge in [-0.1, -0.05) is 40.3 Å². The molecule has 0 saturated carbocycles. The van der Waals surface area contributed by atoms with Crippen LogP contribution in [0.1, 0.15) is 11.1 Å². The maximum absolute atomic E-state index is 9.18. The van der Waals surface area contributed by atoms with Gasteiger partial charge in [0.05, 0.1) is 30.2 Å². The van der Waals surface area contributed by atoms with E-state index < -0.39 is 0 Å². The lowest BCUT2D eigenvalue weighted by atomic mass is 10.1. The molecule has 0 amide bonds. The van der Waals surface area contributed by atoms with Crippen molar-refractivity contribution in [2.75, 3.05) is 12.8 Å². The highest BCUT2D eigenvalue weighted by Gasteiger charge is 2.20. The van der Waals surface area contributed by atoms with E-state index in [0.717, 1.165) is 23.5 Å². The Kier molecular flexibility index (Phi) is 5.31. The maximum atomic E-state index is 9.18. The Labute approximate surface area is 172 Å². The molecule has 0 bridgehead atoms. The van der Waals surface area contributed by atoms with Crippen LogP contribution in [0.2, 0.25) is 0 Å². The van der Waals surface area contributed by atoms with E-state index in [4.69, 9.17) is 15.5 Å². The second kappa shape index (κ2) is 8.20. The molecule has 7 nitrogen and oxygen atoms in total. The molecule has 8 heteroatoms. The van der Waals surface area contributed by atoms with Gasteiger partial charge in [-0.25, -0.2) is 4.57 Å². The Bertz CT molecular complexity index is 1200. The Balaban J connectivity index is 1.65. The zero-order chi connectivity index (χ0) is 20.2. The highest BCUT2D eigenvalue weighted by Crippen LogP contribution is 2.35. The van der Waals surface area contributed by atoms with Crippen molar-refractivity contribution in [2.24, 2.45) is 0 Å². The van der Waals surface area contributed by atoms with Gasteiger partial charge in [0.25, 0.3) is 5.65 Å². The molecule has 0 spiro atoms. The first-order valence-corrected chi connectivity index (χ1v) is 9.83. The number of aromatic amines is 1. The van der Waals surface area contributed by atoms with Crippen LogP contribution in [0.15, 0.2) is 64.9 Å². The van der Waals surface area contributed by atoms with Crippen LogP contribution in [0.4, 0.5) is 5.82 Å². The molecule has 0 aliphatic rings. The molecule has 3 N–H and O–H groups in total. The molecule has 4 aromatic rings. The summed E-state index contributed by atoms with van der Waals surface area (Å²) < 4.78 is 7.40. The van der Waals surface area contributed by atoms with Crippen molar-refractivity contribution >= 4 is 28.7 Å². The van der Waals surface area contributed by atoms with E-state index in [1.165, 1.54) is 17.3 Å². The van der Waals surface area contributed by atoms with Gasteiger partial charge in [0, 0.05) is 6.42 Å². The van der Waals surface area contributed by atoms with Crippen molar-refractivity contribution in [3.63, 3.8) is 0 Å². The zero-order valence-electron chi connectivity index (χ0n) is 15.8. The topological polar surface area (TPSA) is 104 Å². The van der Waals surface area contributed by atoms with Gasteiger partial charge in [-0.3, -0.25) is 0 Å². The minimum atomic E-state index is 0.396. The average Bonchev–Trinajstić information content (AvgIpc) is 3.18. The second-order valence-corrected chi connectivity index (χ2v) is 7.41. The first-order valence-electron chi connectivity index (χ1n) is 9.01. The highest BCUT2D eigenvalue weighted by atomic mass is 32.2. The summed E-state index contributed by atoms with van der Waals surface area (Å²) >= 11 is 1.39. The molecular weight excluding hydrogens is 384 g/mol. The number of imidazole rings is 1. The summed E-state index contributed by atoms with van der Waals surface area (Å²) in [5, 5.41) is 9.83. The summed E-state index contributed by atoms with van der Waals surface area (Å²) in [6, 6.07) is 17.7. The van der Waals surface area contributed by atoms with Crippen molar-refractivity contribution in [3.05, 3.63) is 66.0 Å². The smallest absolute Gasteiger partial charge is 0.294 e. The number of anilines is 1. The molecule has 0 radical (unpaired) electrons. The van der Waals surface area contributed by atoms with Gasteiger partial charge in [-0.15, -0.1) is 0 Å². The lowest BCUT2D eigenvalue weighted by Gasteiger charge is -2.05. The molecule has 2 heterocycles. The summed E-state index contributed by atoms with van der Waals surface area (Å²) in [5.74, 6) is 1.07. The summed E-state index contributed by atoms with van der Waals surface area (Å²) in [6.45, 7) is 0.732. The molecule has 2 aromatic heterocycles. The highest BCUT2D eigenvalue weighted by molar-refractivity contribution is 7.99. The number of hydrogen-bond donors (Lipinski definition) is 2. The van der Waals surface area contributed by atoms with Gasteiger partial charge in [-0.05, 0) is 35.5 Å². The molecule has 0 fully saturated rings. The van der Waals surface area contributed by atoms with Gasteiger partial charge in [0.1, 0.15) is 5.75 Å². The minimum Gasteiger partial charge on any atom is -0.496 e. The van der Waals surface area contributed by atoms with Crippen LogP contribution in [-0.2, 0) is 13.0 Å². The molecule has 0 aliphatic carbocycles. The Morgan fingerprint density at radius 1 is 1.24 bits per heavy atom. The molecule has 2 aromatic carbocycles. The number of methoxy groups -OCH3 is 1. The molecule has 0 unspecified atom stereocenters. The van der Waals surface area contributed by atoms with Crippen LogP contribution in [0.3, 0.4) is 0 Å². The molecule has 29 heavy (non-hydrogen) atoms. The van der Waals surface area contributed by atoms with Crippen molar-refractivity contribution in [2.45, 2.75) is 23.0 Å². The second-order valence-electron chi connectivity index (χ2n) is 6.38. The van der Waals surface area contributed by atoms with Gasteiger partial charge < -0.3 is 15.5 Å². The van der Waals surface area contributed by atoms with E-state index in [-0.39, 0.29) is 0 Å². The van der Waals surface area contributed by atoms with Gasteiger partial charge in [-0.2, -0.15) is 5.26 Å². The van der Waals surface area contributed by atoms with Crippen molar-refractivity contribution < 1.29 is 9.30 Å². The fourth-order valence-electron chi connectivity index (χ4n) is 3.02. The number of hydrogen-bond acceptors (Lipinski definition) is 6. The van der Waals surface area contributed by atoms with E-state index in [0.29, 0.717) is 27.8 Å². The molecule has 0 saturated heterocycles. The number of nitriles is 1. The van der Waals surface area contributed by atoms with Crippen LogP contribution in [0.25, 0.3) is 11.2 Å². The predicted molar refractivity (Wildman–Crippen MR) is 110 cm³/mol. The minimum absolute atomic E-state index is 0.396. The number of nitrogens with two attached hydrogens (primary N) is 1. The number of ether oxygens (including phenoxy) is 1. The molecular formula is C21H19N6OS+. The van der Waals surface area contributed by atoms with Crippen molar-refractivity contribution in [1.82, 2.24) is 15.0 Å². The third-order valence-electron chi connectivity index (χ3n) is 4.51. The third-order valence-corrected chi connectivity index (χ3v) is 5.44. The van der Waals surface area contributed by atoms with Crippen LogP contribution in [0, 0.1) is 11.3 Å². The van der Waals surface area contributed by atoms with E-state index in [2.05, 4.69) is 28.2 Å². The first kappa shape index (κ1) is 18.8. The number of rotatable bonds is 6. The number of nitrogen functional groups attached to an aromatic ring is 1. The maximum Gasteiger partial charge on any atom is 0.294 e. The number of fused-ring (bicyclic) bond motifs is 1. The largest absolute Gasteiger partial charge is 0.496 e. The van der Waals surface area contributed by atoms with Gasteiger partial charge in [0.2, 0.25) is 17.3 Å². The van der Waals surface area contributed by atoms with E-state index >= 15 is 0 Å². The summed E-state index contributed by atoms with van der Waals surface area (Å²) in [7, 11) is 1.60. The van der Waals surface area contributed by atoms with Gasteiger partial charge in [0.15, 0.2) is 5.52 Å². The lowest BCUT2D eigenvalue weighted by Crippen LogP contribution is -2.36. The van der Waals surface area contributed by atoms with Crippen LogP contribution in [-0.4, -0.2) is 22.1 Å². The number of H-pyrrole nitrogens is 1. The van der Waals surface area contributed by atoms with E-state index in [9.17, 15) is 5.26 Å². The summed E-state index contributed by atoms with van der Waals surface area (Å²) in [4.78, 5) is 13.1. The normalized spacial score (nSPS) is 10.8. The average molecular weight is 403 g/mol. The standard InChI is InChI=1S/C21H18N6OS/c1-28-16-8-7-15(12-22)11-17(16)29-21-25-18-19(23)24-13-27(20(18)26-21)10-9-14-5-3-2-4-6-14/h2-8,11,13H,9-10H2,1H3,(H2,23,25,26)/p+1. The van der Waals surface area contributed by atoms with Crippen LogP contribution < -0.4 is 15.0 Å². The van der Waals surface area contributed by atoms with Crippen LogP contribution in [0.5, 0.6) is 5.75 Å². The lowest BCUT2D eigenvalue weighted by molar-refractivity contribution is -0.675. The van der Waals surface area contributed by atoms with Crippen LogP contribution >= 0.6 is 11.8 Å². The fraction of sp³-hybridized carbons (Fsp3) is 0.143. The summed E-state index contributed by atoms with van der Waals surface area (Å²) in [5.41, 5.74) is 9.31. The monoisotopic (exact) mass is 403 g/mol. The first-order chi connectivity index (χ1) is 14.2. The van der Waals surface area contributed by atoms with Crippen molar-refractivity contribution in [1.29, 1.82) is 5.26 Å².